The fraction of sp³-hybridized carbons (Fsp3) is 0.312. The number of likely N-dealkylation sites (tertiary alicyclic amines) is 2. The quantitative estimate of drug-likeness (QED) is 0.189. The van der Waals surface area contributed by atoms with Crippen LogP contribution in [0.5, 0.6) is 0 Å². The summed E-state index contributed by atoms with van der Waals surface area (Å²) in [6, 6.07) is -1.60. The molecule has 1 aliphatic carbocycles. The number of hydrogen-bond acceptors (Lipinski definition) is 6. The van der Waals surface area contributed by atoms with Crippen molar-refractivity contribution < 1.29 is 29.4 Å². The second-order valence-electron chi connectivity index (χ2n) is 9.67. The molecule has 0 bridgehead atoms. The molecule has 40 heavy (non-hydrogen) atoms. The van der Waals surface area contributed by atoms with Gasteiger partial charge in [-0.05, 0) is 30.9 Å². The SMILES string of the molecule is CN1C(=O)C(=CC=CC=CC=CC2C=CCCC2C=CC=CC=CC=C2C(=O)C(CO)N(C)C2=O)C(=O)C1CO. The minimum absolute atomic E-state index is 0.0771. The average molecular weight is 545 g/mol. The van der Waals surface area contributed by atoms with E-state index in [1.807, 2.05) is 36.5 Å². The number of Topliss-reactive ketones (excluding diaryl/α,β-unsaturated/α-hetero) is 2. The molecule has 0 aromatic carbocycles. The zero-order valence-corrected chi connectivity index (χ0v) is 22.8. The molecule has 0 radical (unpaired) electrons. The van der Waals surface area contributed by atoms with Crippen LogP contribution in [0.1, 0.15) is 12.8 Å². The summed E-state index contributed by atoms with van der Waals surface area (Å²) >= 11 is 0. The second kappa shape index (κ2) is 14.9. The highest BCUT2D eigenvalue weighted by atomic mass is 16.3. The molecule has 8 nitrogen and oxygen atoms in total. The van der Waals surface area contributed by atoms with E-state index >= 15 is 0 Å². The minimum atomic E-state index is -0.801. The number of carbonyl (C=O) groups excluding carboxylic acids is 4. The summed E-state index contributed by atoms with van der Waals surface area (Å²) in [5.74, 6) is -0.889. The molecule has 2 aliphatic heterocycles. The second-order valence-corrected chi connectivity index (χ2v) is 9.67. The van der Waals surface area contributed by atoms with E-state index in [4.69, 9.17) is 0 Å². The van der Waals surface area contributed by atoms with Crippen molar-refractivity contribution in [2.75, 3.05) is 27.3 Å². The Morgan fingerprint density at radius 2 is 1.15 bits per heavy atom. The van der Waals surface area contributed by atoms with Crippen LogP contribution in [0, 0.1) is 11.8 Å². The number of nitrogens with zero attached hydrogens (tertiary/aromatic N) is 2. The lowest BCUT2D eigenvalue weighted by Gasteiger charge is -2.22. The number of rotatable bonds is 10. The third kappa shape index (κ3) is 7.28. The van der Waals surface area contributed by atoms with Crippen LogP contribution < -0.4 is 0 Å². The van der Waals surface area contributed by atoms with Gasteiger partial charge in [0.1, 0.15) is 12.1 Å². The van der Waals surface area contributed by atoms with Crippen molar-refractivity contribution in [2.45, 2.75) is 24.9 Å². The lowest BCUT2D eigenvalue weighted by Crippen LogP contribution is -2.34. The number of allylic oxidation sites excluding steroid dienone is 16. The predicted octanol–water partition coefficient (Wildman–Crippen LogP) is 2.56. The first kappa shape index (κ1) is 30.4. The molecule has 0 spiro atoms. The molecule has 0 aromatic rings. The molecule has 4 atom stereocenters. The van der Waals surface area contributed by atoms with Crippen LogP contribution in [-0.2, 0) is 19.2 Å². The molecule has 210 valence electrons. The van der Waals surface area contributed by atoms with Crippen LogP contribution >= 0.6 is 0 Å². The van der Waals surface area contributed by atoms with Crippen molar-refractivity contribution >= 4 is 23.4 Å². The van der Waals surface area contributed by atoms with Gasteiger partial charge < -0.3 is 20.0 Å². The molecule has 2 saturated heterocycles. The highest BCUT2D eigenvalue weighted by Crippen LogP contribution is 2.27. The standard InChI is InChI=1S/C32H36N2O6/c1-33-27(21-35)29(37)25(31(33)39)19-11-7-3-5-9-15-23-17-13-14-18-24(23)16-10-6-4-8-12-20-26-30(38)28(22-36)34(2)32(26)40/h3-13,15-17,19-20,23-24,27-28,35-36H,14,18,21-22H2,1-2H3. The molecule has 2 heterocycles. The average Bonchev–Trinajstić information content (AvgIpc) is 3.29. The Hall–Kier alpha value is -4.14. The van der Waals surface area contributed by atoms with Crippen LogP contribution in [0.25, 0.3) is 0 Å². The third-order valence-corrected chi connectivity index (χ3v) is 7.14. The number of carbonyl (C=O) groups is 4. The van der Waals surface area contributed by atoms with Gasteiger partial charge in [-0.25, -0.2) is 0 Å². The van der Waals surface area contributed by atoms with Gasteiger partial charge in [0.05, 0.1) is 24.4 Å². The monoisotopic (exact) mass is 544 g/mol. The highest BCUT2D eigenvalue weighted by molar-refractivity contribution is 6.27. The van der Waals surface area contributed by atoms with E-state index in [-0.39, 0.29) is 53.7 Å². The van der Waals surface area contributed by atoms with Crippen molar-refractivity contribution in [3.63, 3.8) is 0 Å². The number of amides is 2. The zero-order chi connectivity index (χ0) is 29.1. The summed E-state index contributed by atoms with van der Waals surface area (Å²) < 4.78 is 0. The summed E-state index contributed by atoms with van der Waals surface area (Å²) in [7, 11) is 3.01. The number of likely N-dealkylation sites (N-methyl/N-ethyl adjacent to an activating group) is 2. The van der Waals surface area contributed by atoms with Crippen molar-refractivity contribution in [2.24, 2.45) is 11.8 Å². The molecule has 3 rings (SSSR count). The van der Waals surface area contributed by atoms with Crippen LogP contribution in [0.2, 0.25) is 0 Å². The topological polar surface area (TPSA) is 115 Å². The fourth-order valence-electron chi connectivity index (χ4n) is 4.70. The summed E-state index contributed by atoms with van der Waals surface area (Å²) in [5.41, 5.74) is 0.156. The first-order chi connectivity index (χ1) is 19.3. The number of aliphatic hydroxyl groups is 2. The van der Waals surface area contributed by atoms with E-state index in [2.05, 4.69) is 24.3 Å². The Morgan fingerprint density at radius 3 is 1.62 bits per heavy atom. The summed E-state index contributed by atoms with van der Waals surface area (Å²) in [6.07, 6.45) is 31.8. The van der Waals surface area contributed by atoms with Crippen LogP contribution in [0.4, 0.5) is 0 Å². The molecule has 2 fully saturated rings. The number of hydrogen-bond donors (Lipinski definition) is 2. The van der Waals surface area contributed by atoms with Crippen molar-refractivity contribution in [1.29, 1.82) is 0 Å². The van der Waals surface area contributed by atoms with E-state index in [9.17, 15) is 29.4 Å². The summed E-state index contributed by atoms with van der Waals surface area (Å²) in [6.45, 7) is -0.773. The van der Waals surface area contributed by atoms with Gasteiger partial charge >= 0.3 is 0 Å². The van der Waals surface area contributed by atoms with Crippen molar-refractivity contribution in [1.82, 2.24) is 9.80 Å². The molecule has 4 unspecified atom stereocenters. The van der Waals surface area contributed by atoms with Crippen LogP contribution in [0.3, 0.4) is 0 Å². The third-order valence-electron chi connectivity index (χ3n) is 7.14. The summed E-state index contributed by atoms with van der Waals surface area (Å²) in [4.78, 5) is 51.1. The van der Waals surface area contributed by atoms with Gasteiger partial charge in [-0.3, -0.25) is 19.2 Å². The van der Waals surface area contributed by atoms with Crippen LogP contribution in [0.15, 0.2) is 108 Å². The van der Waals surface area contributed by atoms with Gasteiger partial charge in [0.2, 0.25) is 0 Å². The van der Waals surface area contributed by atoms with E-state index < -0.39 is 12.1 Å². The maximum Gasteiger partial charge on any atom is 0.258 e. The molecule has 2 N–H and O–H groups in total. The van der Waals surface area contributed by atoms with E-state index in [0.717, 1.165) is 12.8 Å². The fourth-order valence-corrected chi connectivity index (χ4v) is 4.70. The molecular formula is C32H36N2O6. The number of aliphatic hydroxyl groups excluding tert-OH is 2. The lowest BCUT2D eigenvalue weighted by atomic mass is 9.83. The first-order valence-corrected chi connectivity index (χ1v) is 13.3. The Bertz CT molecular complexity index is 1260. The molecule has 0 saturated carbocycles. The Balaban J connectivity index is 1.50. The van der Waals surface area contributed by atoms with Crippen molar-refractivity contribution in [3.8, 4) is 0 Å². The first-order valence-electron chi connectivity index (χ1n) is 13.3. The van der Waals surface area contributed by atoms with E-state index in [0.29, 0.717) is 5.92 Å². The van der Waals surface area contributed by atoms with Gasteiger partial charge in [0.25, 0.3) is 11.8 Å². The molecular weight excluding hydrogens is 508 g/mol. The van der Waals surface area contributed by atoms with E-state index in [1.165, 1.54) is 36.0 Å². The van der Waals surface area contributed by atoms with Gasteiger partial charge in [-0.1, -0.05) is 85.1 Å². The predicted molar refractivity (Wildman–Crippen MR) is 154 cm³/mol. The Morgan fingerprint density at radius 1 is 0.700 bits per heavy atom. The van der Waals surface area contributed by atoms with E-state index in [1.54, 1.807) is 24.3 Å². The maximum atomic E-state index is 12.2. The largest absolute Gasteiger partial charge is 0.394 e. The number of ketones is 2. The molecule has 3 aliphatic rings. The van der Waals surface area contributed by atoms with Gasteiger partial charge in [0.15, 0.2) is 11.6 Å². The highest BCUT2D eigenvalue weighted by Gasteiger charge is 2.40. The molecule has 0 aromatic heterocycles. The normalized spacial score (nSPS) is 28.5. The minimum Gasteiger partial charge on any atom is -0.394 e. The van der Waals surface area contributed by atoms with Gasteiger partial charge in [-0.2, -0.15) is 0 Å². The molecule has 8 heteroatoms. The maximum absolute atomic E-state index is 12.2. The lowest BCUT2D eigenvalue weighted by molar-refractivity contribution is -0.126. The Kier molecular flexibility index (Phi) is 11.3. The zero-order valence-electron chi connectivity index (χ0n) is 22.8. The summed E-state index contributed by atoms with van der Waals surface area (Å²) in [5, 5.41) is 18.6. The van der Waals surface area contributed by atoms with Crippen LogP contribution in [-0.4, -0.2) is 82.8 Å². The smallest absolute Gasteiger partial charge is 0.258 e. The van der Waals surface area contributed by atoms with Gasteiger partial charge in [0, 0.05) is 20.0 Å². The Labute approximate surface area is 235 Å². The molecule has 2 amide bonds. The van der Waals surface area contributed by atoms with Gasteiger partial charge in [-0.15, -0.1) is 0 Å². The van der Waals surface area contributed by atoms with Crippen molar-refractivity contribution in [3.05, 3.63) is 108 Å².